The molecule has 0 unspecified atom stereocenters. The topological polar surface area (TPSA) is 118 Å². The number of halogens is 1. The number of aromatic nitrogens is 3. The van der Waals surface area contributed by atoms with E-state index in [0.717, 1.165) is 11.3 Å². The fourth-order valence-corrected chi connectivity index (χ4v) is 4.56. The average Bonchev–Trinajstić information content (AvgIpc) is 3.37. The molecule has 4 aromatic carbocycles. The number of carbonyl (C=O) groups is 1. The molecule has 1 heterocycles. The molecule has 11 heteroatoms. The summed E-state index contributed by atoms with van der Waals surface area (Å²) < 4.78 is 26.4. The SMILES string of the molecule is O=C(NNS(=O)(=O)c1ccccc1)c1ccc(Nc2nc(-c3ccc(Cl)cc3)n(-c3ccccc3)n2)cc1. The highest BCUT2D eigenvalue weighted by atomic mass is 35.5. The first-order valence-corrected chi connectivity index (χ1v) is 13.3. The monoisotopic (exact) mass is 544 g/mol. The van der Waals surface area contributed by atoms with Gasteiger partial charge in [0, 0.05) is 21.8 Å². The molecule has 5 rings (SSSR count). The number of nitrogens with zero attached hydrogens (tertiary/aromatic N) is 3. The van der Waals surface area contributed by atoms with E-state index in [9.17, 15) is 13.2 Å². The van der Waals surface area contributed by atoms with Crippen LogP contribution in [-0.2, 0) is 10.0 Å². The van der Waals surface area contributed by atoms with Gasteiger partial charge in [0.25, 0.3) is 15.9 Å². The van der Waals surface area contributed by atoms with Crippen molar-refractivity contribution in [2.24, 2.45) is 0 Å². The number of rotatable bonds is 8. The van der Waals surface area contributed by atoms with E-state index in [1.807, 2.05) is 42.5 Å². The molecule has 0 atom stereocenters. The van der Waals surface area contributed by atoms with E-state index in [2.05, 4.69) is 25.7 Å². The number of hydrazine groups is 1. The van der Waals surface area contributed by atoms with Crippen LogP contribution in [0.1, 0.15) is 10.4 Å². The van der Waals surface area contributed by atoms with Crippen LogP contribution in [0, 0.1) is 0 Å². The Morgan fingerprint density at radius 1 is 0.789 bits per heavy atom. The molecule has 38 heavy (non-hydrogen) atoms. The molecule has 1 amide bonds. The average molecular weight is 545 g/mol. The number of hydrogen-bond acceptors (Lipinski definition) is 6. The maximum Gasteiger partial charge on any atom is 0.266 e. The number of hydrogen-bond donors (Lipinski definition) is 3. The molecule has 0 aliphatic carbocycles. The van der Waals surface area contributed by atoms with Crippen LogP contribution >= 0.6 is 11.6 Å². The van der Waals surface area contributed by atoms with Crippen molar-refractivity contribution in [2.75, 3.05) is 5.32 Å². The van der Waals surface area contributed by atoms with E-state index in [-0.39, 0.29) is 10.5 Å². The van der Waals surface area contributed by atoms with Gasteiger partial charge in [-0.15, -0.1) is 9.93 Å². The van der Waals surface area contributed by atoms with Crippen LogP contribution in [0.3, 0.4) is 0 Å². The van der Waals surface area contributed by atoms with Gasteiger partial charge in [-0.1, -0.05) is 48.0 Å². The van der Waals surface area contributed by atoms with Crippen molar-refractivity contribution in [3.63, 3.8) is 0 Å². The molecule has 5 aromatic rings. The van der Waals surface area contributed by atoms with E-state index >= 15 is 0 Å². The van der Waals surface area contributed by atoms with E-state index in [4.69, 9.17) is 11.6 Å². The van der Waals surface area contributed by atoms with Gasteiger partial charge in [-0.2, -0.15) is 4.98 Å². The third kappa shape index (κ3) is 5.73. The third-order valence-corrected chi connectivity index (χ3v) is 6.98. The summed E-state index contributed by atoms with van der Waals surface area (Å²) in [5.41, 5.74) is 4.79. The van der Waals surface area contributed by atoms with Crippen LogP contribution < -0.4 is 15.6 Å². The van der Waals surface area contributed by atoms with Crippen molar-refractivity contribution in [1.82, 2.24) is 25.0 Å². The highest BCUT2D eigenvalue weighted by Gasteiger charge is 2.16. The largest absolute Gasteiger partial charge is 0.323 e. The van der Waals surface area contributed by atoms with Crippen molar-refractivity contribution < 1.29 is 13.2 Å². The second-order valence-electron chi connectivity index (χ2n) is 8.09. The Morgan fingerprint density at radius 3 is 2.08 bits per heavy atom. The smallest absolute Gasteiger partial charge is 0.266 e. The minimum Gasteiger partial charge on any atom is -0.323 e. The highest BCUT2D eigenvalue weighted by molar-refractivity contribution is 7.89. The number of sulfonamides is 1. The number of anilines is 2. The van der Waals surface area contributed by atoms with Gasteiger partial charge in [-0.3, -0.25) is 10.2 Å². The maximum absolute atomic E-state index is 12.5. The number of nitrogens with one attached hydrogen (secondary N) is 3. The van der Waals surface area contributed by atoms with Crippen molar-refractivity contribution in [3.8, 4) is 17.1 Å². The quantitative estimate of drug-likeness (QED) is 0.238. The summed E-state index contributed by atoms with van der Waals surface area (Å²) >= 11 is 6.06. The minimum atomic E-state index is -3.88. The molecular weight excluding hydrogens is 524 g/mol. The fourth-order valence-electron chi connectivity index (χ4n) is 3.58. The van der Waals surface area contributed by atoms with Gasteiger partial charge < -0.3 is 5.32 Å². The molecule has 0 radical (unpaired) electrons. The second-order valence-corrected chi connectivity index (χ2v) is 10.2. The van der Waals surface area contributed by atoms with Crippen LogP contribution in [0.25, 0.3) is 17.1 Å². The maximum atomic E-state index is 12.5. The lowest BCUT2D eigenvalue weighted by molar-refractivity contribution is 0.0945. The second kappa shape index (κ2) is 10.9. The van der Waals surface area contributed by atoms with Crippen LogP contribution in [0.4, 0.5) is 11.6 Å². The van der Waals surface area contributed by atoms with Gasteiger partial charge in [-0.05, 0) is 72.8 Å². The normalized spacial score (nSPS) is 11.2. The number of para-hydroxylation sites is 1. The lowest BCUT2D eigenvalue weighted by Gasteiger charge is -2.09. The predicted octanol–water partition coefficient (Wildman–Crippen LogP) is 4.95. The lowest BCUT2D eigenvalue weighted by Crippen LogP contribution is -2.41. The summed E-state index contributed by atoms with van der Waals surface area (Å²) in [6.45, 7) is 0. The summed E-state index contributed by atoms with van der Waals surface area (Å²) in [5.74, 6) is 0.372. The molecule has 0 fully saturated rings. The third-order valence-electron chi connectivity index (χ3n) is 5.47. The molecule has 9 nitrogen and oxygen atoms in total. The molecule has 0 aliphatic rings. The zero-order chi connectivity index (χ0) is 26.5. The molecular formula is C27H21ClN6O3S. The van der Waals surface area contributed by atoms with E-state index in [0.29, 0.717) is 22.5 Å². The van der Waals surface area contributed by atoms with Gasteiger partial charge >= 0.3 is 0 Å². The number of amides is 1. The molecule has 0 saturated carbocycles. The molecule has 190 valence electrons. The molecule has 0 aliphatic heterocycles. The van der Waals surface area contributed by atoms with E-state index in [1.165, 1.54) is 12.1 Å². The zero-order valence-corrected chi connectivity index (χ0v) is 21.3. The summed E-state index contributed by atoms with van der Waals surface area (Å²) in [6.07, 6.45) is 0. The molecule has 0 bridgehead atoms. The van der Waals surface area contributed by atoms with Crippen LogP contribution in [0.15, 0.2) is 114 Å². The Balaban J connectivity index is 1.32. The van der Waals surface area contributed by atoms with Gasteiger partial charge in [0.2, 0.25) is 5.95 Å². The Kier molecular flexibility index (Phi) is 7.18. The molecule has 0 spiro atoms. The number of carbonyl (C=O) groups excluding carboxylic acids is 1. The van der Waals surface area contributed by atoms with Crippen molar-refractivity contribution in [2.45, 2.75) is 4.90 Å². The van der Waals surface area contributed by atoms with E-state index in [1.54, 1.807) is 59.3 Å². The van der Waals surface area contributed by atoms with Crippen molar-refractivity contribution in [3.05, 3.63) is 120 Å². The first-order chi connectivity index (χ1) is 18.4. The molecule has 3 N–H and O–H groups in total. The summed E-state index contributed by atoms with van der Waals surface area (Å²) in [6, 6.07) is 31.1. The first kappa shape index (κ1) is 25.2. The standard InChI is InChI=1S/C27H21ClN6O3S/c28-21-15-11-19(12-16-21)25-30-27(32-34(25)23-7-3-1-4-8-23)29-22-17-13-20(14-18-22)26(35)31-33-38(36,37)24-9-5-2-6-10-24/h1-18,33H,(H,29,32)(H,31,35). The van der Waals surface area contributed by atoms with Crippen molar-refractivity contribution >= 4 is 39.2 Å². The zero-order valence-electron chi connectivity index (χ0n) is 19.7. The van der Waals surface area contributed by atoms with Crippen LogP contribution in [-0.4, -0.2) is 29.1 Å². The number of benzene rings is 4. The van der Waals surface area contributed by atoms with Gasteiger partial charge in [0.15, 0.2) is 5.82 Å². The minimum absolute atomic E-state index is 0.0419. The Morgan fingerprint density at radius 2 is 1.42 bits per heavy atom. The van der Waals surface area contributed by atoms with Crippen LogP contribution in [0.2, 0.25) is 5.02 Å². The summed E-state index contributed by atoms with van der Waals surface area (Å²) in [5, 5.41) is 8.39. The van der Waals surface area contributed by atoms with Crippen LogP contribution in [0.5, 0.6) is 0 Å². The van der Waals surface area contributed by atoms with E-state index < -0.39 is 15.9 Å². The Bertz CT molecular complexity index is 1660. The molecule has 0 saturated heterocycles. The van der Waals surface area contributed by atoms with Gasteiger partial charge in [0.05, 0.1) is 10.6 Å². The Hall–Kier alpha value is -4.51. The van der Waals surface area contributed by atoms with Crippen molar-refractivity contribution in [1.29, 1.82) is 0 Å². The van der Waals surface area contributed by atoms with Gasteiger partial charge in [0.1, 0.15) is 0 Å². The first-order valence-electron chi connectivity index (χ1n) is 11.4. The summed E-state index contributed by atoms with van der Waals surface area (Å²) in [7, 11) is -3.88. The predicted molar refractivity (Wildman–Crippen MR) is 146 cm³/mol. The lowest BCUT2D eigenvalue weighted by atomic mass is 10.2. The molecule has 1 aromatic heterocycles. The van der Waals surface area contributed by atoms with Gasteiger partial charge in [-0.25, -0.2) is 13.1 Å². The Labute approximate surface area is 224 Å². The summed E-state index contributed by atoms with van der Waals surface area (Å²) in [4.78, 5) is 19.3. The highest BCUT2D eigenvalue weighted by Crippen LogP contribution is 2.25. The fraction of sp³-hybridized carbons (Fsp3) is 0.